The molecule has 0 saturated carbocycles. The van der Waals surface area contributed by atoms with Crippen LogP contribution in [0.15, 0.2) is 18.2 Å². The average Bonchev–Trinajstić information content (AvgIpc) is 2.37. The second kappa shape index (κ2) is 8.85. The highest BCUT2D eigenvalue weighted by atomic mass is 35.5. The zero-order valence-electron chi connectivity index (χ0n) is 11.0. The molecule has 0 N–H and O–H groups in total. The van der Waals surface area contributed by atoms with Crippen LogP contribution in [-0.2, 0) is 4.74 Å². The topological polar surface area (TPSA) is 18.5 Å². The summed E-state index contributed by atoms with van der Waals surface area (Å²) in [5.74, 6) is 7.53. The van der Waals surface area contributed by atoms with E-state index in [1.54, 1.807) is 7.11 Å². The first-order valence-electron chi connectivity index (χ1n) is 6.05. The molecule has 0 aliphatic heterocycles. The maximum absolute atomic E-state index is 5.71. The third kappa shape index (κ3) is 5.44. The molecule has 1 aromatic carbocycles. The summed E-state index contributed by atoms with van der Waals surface area (Å²) in [5.41, 5.74) is 2.10. The molecule has 0 heterocycles. The normalized spacial score (nSPS) is 9.72. The molecule has 18 heavy (non-hydrogen) atoms. The van der Waals surface area contributed by atoms with Crippen molar-refractivity contribution in [3.05, 3.63) is 29.3 Å². The Labute approximate surface area is 114 Å². The van der Waals surface area contributed by atoms with Gasteiger partial charge in [0.1, 0.15) is 5.75 Å². The molecule has 0 aromatic heterocycles. The second-order valence-corrected chi connectivity index (χ2v) is 4.31. The van der Waals surface area contributed by atoms with Gasteiger partial charge in [0.2, 0.25) is 0 Å². The SMILES string of the molecule is COCCCOc1ccc(C)cc1C#CCCCl. The van der Waals surface area contributed by atoms with Crippen LogP contribution < -0.4 is 4.74 Å². The summed E-state index contributed by atoms with van der Waals surface area (Å²) in [5, 5.41) is 0. The zero-order chi connectivity index (χ0) is 13.2. The number of methoxy groups -OCH3 is 1. The van der Waals surface area contributed by atoms with Crippen molar-refractivity contribution in [3.8, 4) is 17.6 Å². The van der Waals surface area contributed by atoms with Crippen LogP contribution in [0.2, 0.25) is 0 Å². The van der Waals surface area contributed by atoms with Gasteiger partial charge in [0.15, 0.2) is 0 Å². The molecule has 0 bridgehead atoms. The van der Waals surface area contributed by atoms with Crippen molar-refractivity contribution in [3.63, 3.8) is 0 Å². The van der Waals surface area contributed by atoms with Gasteiger partial charge in [-0.2, -0.15) is 0 Å². The third-order valence-electron chi connectivity index (χ3n) is 2.33. The lowest BCUT2D eigenvalue weighted by Gasteiger charge is -2.08. The Bertz CT molecular complexity index is 418. The molecule has 0 spiro atoms. The molecular weight excluding hydrogens is 248 g/mol. The van der Waals surface area contributed by atoms with Gasteiger partial charge in [-0.3, -0.25) is 0 Å². The Hall–Kier alpha value is -1.17. The van der Waals surface area contributed by atoms with E-state index in [2.05, 4.69) is 11.8 Å². The van der Waals surface area contributed by atoms with E-state index in [1.165, 1.54) is 5.56 Å². The summed E-state index contributed by atoms with van der Waals surface area (Å²) >= 11 is 5.61. The van der Waals surface area contributed by atoms with Crippen molar-refractivity contribution in [1.82, 2.24) is 0 Å². The van der Waals surface area contributed by atoms with Gasteiger partial charge in [-0.1, -0.05) is 17.9 Å². The standard InChI is InChI=1S/C15H19ClO2/c1-13-7-8-15(18-11-5-10-17-2)14(12-13)6-3-4-9-16/h7-8,12H,4-5,9-11H2,1-2H3. The first-order valence-corrected chi connectivity index (χ1v) is 6.58. The van der Waals surface area contributed by atoms with Crippen LogP contribution in [0.1, 0.15) is 24.0 Å². The molecule has 98 valence electrons. The number of halogens is 1. The molecule has 0 unspecified atom stereocenters. The van der Waals surface area contributed by atoms with Crippen LogP contribution in [0, 0.1) is 18.8 Å². The molecular formula is C15H19ClO2. The van der Waals surface area contributed by atoms with Crippen LogP contribution in [0.4, 0.5) is 0 Å². The molecule has 0 amide bonds. The molecule has 0 atom stereocenters. The number of rotatable bonds is 6. The largest absolute Gasteiger partial charge is 0.492 e. The van der Waals surface area contributed by atoms with Crippen molar-refractivity contribution in [1.29, 1.82) is 0 Å². The fourth-order valence-electron chi connectivity index (χ4n) is 1.46. The Morgan fingerprint density at radius 2 is 2.11 bits per heavy atom. The van der Waals surface area contributed by atoms with Crippen molar-refractivity contribution in [2.45, 2.75) is 19.8 Å². The van der Waals surface area contributed by atoms with Crippen molar-refractivity contribution in [2.75, 3.05) is 26.2 Å². The molecule has 0 aliphatic carbocycles. The predicted octanol–water partition coefficient (Wildman–Crippen LogP) is 3.39. The van der Waals surface area contributed by atoms with Crippen LogP contribution in [0.5, 0.6) is 5.75 Å². The van der Waals surface area contributed by atoms with E-state index in [1.807, 2.05) is 25.1 Å². The van der Waals surface area contributed by atoms with Gasteiger partial charge in [-0.05, 0) is 24.6 Å². The number of ether oxygens (including phenoxy) is 2. The van der Waals surface area contributed by atoms with Crippen molar-refractivity contribution in [2.24, 2.45) is 0 Å². The van der Waals surface area contributed by atoms with E-state index >= 15 is 0 Å². The highest BCUT2D eigenvalue weighted by molar-refractivity contribution is 6.18. The molecule has 0 saturated heterocycles. The smallest absolute Gasteiger partial charge is 0.134 e. The van der Waals surface area contributed by atoms with Crippen LogP contribution in [0.25, 0.3) is 0 Å². The fraction of sp³-hybridized carbons (Fsp3) is 0.467. The maximum atomic E-state index is 5.71. The molecule has 2 nitrogen and oxygen atoms in total. The van der Waals surface area contributed by atoms with Gasteiger partial charge >= 0.3 is 0 Å². The lowest BCUT2D eigenvalue weighted by molar-refractivity contribution is 0.172. The Kier molecular flexibility index (Phi) is 7.32. The van der Waals surface area contributed by atoms with Crippen molar-refractivity contribution >= 4 is 11.6 Å². The first-order chi connectivity index (χ1) is 8.77. The molecule has 1 rings (SSSR count). The zero-order valence-corrected chi connectivity index (χ0v) is 11.7. The molecule has 3 heteroatoms. The van der Waals surface area contributed by atoms with E-state index < -0.39 is 0 Å². The molecule has 0 aliphatic rings. The minimum atomic E-state index is 0.558. The van der Waals surface area contributed by atoms with Gasteiger partial charge in [-0.15, -0.1) is 11.6 Å². The van der Waals surface area contributed by atoms with Gasteiger partial charge < -0.3 is 9.47 Å². The Morgan fingerprint density at radius 1 is 1.28 bits per heavy atom. The number of hydrogen-bond acceptors (Lipinski definition) is 2. The van der Waals surface area contributed by atoms with Crippen LogP contribution in [0.3, 0.4) is 0 Å². The van der Waals surface area contributed by atoms with E-state index in [9.17, 15) is 0 Å². The second-order valence-electron chi connectivity index (χ2n) is 3.94. The summed E-state index contributed by atoms with van der Waals surface area (Å²) in [7, 11) is 1.69. The van der Waals surface area contributed by atoms with E-state index in [0.29, 0.717) is 25.5 Å². The van der Waals surface area contributed by atoms with Crippen LogP contribution in [-0.4, -0.2) is 26.2 Å². The maximum Gasteiger partial charge on any atom is 0.134 e. The number of hydrogen-bond donors (Lipinski definition) is 0. The highest BCUT2D eigenvalue weighted by Crippen LogP contribution is 2.19. The van der Waals surface area contributed by atoms with E-state index in [4.69, 9.17) is 21.1 Å². The fourth-order valence-corrected chi connectivity index (χ4v) is 1.55. The lowest BCUT2D eigenvalue weighted by atomic mass is 10.1. The number of aryl methyl sites for hydroxylation is 1. The summed E-state index contributed by atoms with van der Waals surface area (Å²) in [6.45, 7) is 3.39. The summed E-state index contributed by atoms with van der Waals surface area (Å²) in [6.07, 6.45) is 1.57. The summed E-state index contributed by atoms with van der Waals surface area (Å²) < 4.78 is 10.7. The quantitative estimate of drug-likeness (QED) is 0.446. The Balaban J connectivity index is 2.68. The molecule has 1 aromatic rings. The monoisotopic (exact) mass is 266 g/mol. The van der Waals surface area contributed by atoms with Gasteiger partial charge in [0.25, 0.3) is 0 Å². The third-order valence-corrected chi connectivity index (χ3v) is 2.52. The predicted molar refractivity (Wildman–Crippen MR) is 75.4 cm³/mol. The lowest BCUT2D eigenvalue weighted by Crippen LogP contribution is -2.02. The summed E-state index contributed by atoms with van der Waals surface area (Å²) in [4.78, 5) is 0. The highest BCUT2D eigenvalue weighted by Gasteiger charge is 2.01. The average molecular weight is 267 g/mol. The Morgan fingerprint density at radius 3 is 2.83 bits per heavy atom. The van der Waals surface area contributed by atoms with E-state index in [-0.39, 0.29) is 0 Å². The minimum absolute atomic E-state index is 0.558. The minimum Gasteiger partial charge on any atom is -0.492 e. The van der Waals surface area contributed by atoms with E-state index in [0.717, 1.165) is 17.7 Å². The first kappa shape index (κ1) is 14.9. The van der Waals surface area contributed by atoms with Crippen LogP contribution >= 0.6 is 11.6 Å². The molecule has 0 fully saturated rings. The number of benzene rings is 1. The molecule has 0 radical (unpaired) electrons. The van der Waals surface area contributed by atoms with Gasteiger partial charge in [0.05, 0.1) is 12.2 Å². The van der Waals surface area contributed by atoms with Gasteiger partial charge in [-0.25, -0.2) is 0 Å². The summed E-state index contributed by atoms with van der Waals surface area (Å²) in [6, 6.07) is 6.03. The van der Waals surface area contributed by atoms with Crippen molar-refractivity contribution < 1.29 is 9.47 Å². The van der Waals surface area contributed by atoms with Gasteiger partial charge in [0, 0.05) is 32.4 Å². The number of alkyl halides is 1.